The van der Waals surface area contributed by atoms with Crippen LogP contribution >= 0.6 is 11.8 Å². The number of halogens is 1. The van der Waals surface area contributed by atoms with Crippen molar-refractivity contribution in [2.75, 3.05) is 5.75 Å². The third-order valence-electron chi connectivity index (χ3n) is 2.68. The van der Waals surface area contributed by atoms with Crippen LogP contribution in [0.5, 0.6) is 0 Å². The van der Waals surface area contributed by atoms with Gasteiger partial charge in [-0.1, -0.05) is 27.7 Å². The van der Waals surface area contributed by atoms with Crippen LogP contribution in [0, 0.1) is 11.7 Å². The van der Waals surface area contributed by atoms with Crippen LogP contribution in [0.1, 0.15) is 39.7 Å². The predicted molar refractivity (Wildman–Crippen MR) is 78.6 cm³/mol. The molecule has 1 aromatic carbocycles. The molecule has 1 rings (SSSR count). The number of nitrogens with one attached hydrogen (secondary N) is 1. The summed E-state index contributed by atoms with van der Waals surface area (Å²) in [6, 6.07) is 5.52. The van der Waals surface area contributed by atoms with Crippen LogP contribution < -0.4 is 5.32 Å². The van der Waals surface area contributed by atoms with E-state index < -0.39 is 0 Å². The molecule has 1 aromatic rings. The van der Waals surface area contributed by atoms with Gasteiger partial charge in [0, 0.05) is 17.5 Å². The van der Waals surface area contributed by atoms with Gasteiger partial charge in [-0.25, -0.2) is 4.39 Å². The molecule has 0 spiro atoms. The molecule has 0 bridgehead atoms. The van der Waals surface area contributed by atoms with Crippen molar-refractivity contribution in [3.05, 3.63) is 29.6 Å². The van der Waals surface area contributed by atoms with E-state index in [9.17, 15) is 4.39 Å². The Morgan fingerprint density at radius 2 is 1.94 bits per heavy atom. The largest absolute Gasteiger partial charge is 0.310 e. The topological polar surface area (TPSA) is 12.0 Å². The van der Waals surface area contributed by atoms with Crippen molar-refractivity contribution in [2.24, 2.45) is 5.92 Å². The monoisotopic (exact) mass is 269 g/mol. The van der Waals surface area contributed by atoms with Gasteiger partial charge in [-0.2, -0.15) is 0 Å². The first-order chi connectivity index (χ1) is 8.49. The summed E-state index contributed by atoms with van der Waals surface area (Å²) in [5.74, 6) is 1.66. The molecule has 3 heteroatoms. The fourth-order valence-electron chi connectivity index (χ4n) is 1.55. The summed E-state index contributed by atoms with van der Waals surface area (Å²) in [5.41, 5.74) is 1.07. The molecule has 0 aliphatic carbocycles. The molecule has 0 heterocycles. The van der Waals surface area contributed by atoms with Gasteiger partial charge in [0.15, 0.2) is 0 Å². The number of hydrogen-bond acceptors (Lipinski definition) is 2. The van der Waals surface area contributed by atoms with E-state index in [4.69, 9.17) is 0 Å². The van der Waals surface area contributed by atoms with Gasteiger partial charge in [-0.15, -0.1) is 11.8 Å². The first-order valence-corrected chi connectivity index (χ1v) is 7.62. The smallest absolute Gasteiger partial charge is 0.123 e. The number of benzene rings is 1. The molecule has 0 atom stereocenters. The first kappa shape index (κ1) is 15.5. The molecule has 1 nitrogen and oxygen atoms in total. The van der Waals surface area contributed by atoms with Crippen molar-refractivity contribution < 1.29 is 4.39 Å². The van der Waals surface area contributed by atoms with Crippen LogP contribution in [0.2, 0.25) is 0 Å². The molecular formula is C15H24FNS. The molecule has 0 saturated carbocycles. The number of rotatable bonds is 7. The van der Waals surface area contributed by atoms with Crippen LogP contribution in [0.15, 0.2) is 23.1 Å². The molecule has 0 amide bonds. The minimum atomic E-state index is -0.149. The zero-order valence-electron chi connectivity index (χ0n) is 11.8. The summed E-state index contributed by atoms with van der Waals surface area (Å²) in [7, 11) is 0. The Kier molecular flexibility index (Phi) is 6.72. The van der Waals surface area contributed by atoms with Crippen LogP contribution in [0.3, 0.4) is 0 Å². The summed E-state index contributed by atoms with van der Waals surface area (Å²) in [5, 5.41) is 3.35. The summed E-state index contributed by atoms with van der Waals surface area (Å²) < 4.78 is 13.3. The quantitative estimate of drug-likeness (QED) is 0.733. The maximum atomic E-state index is 13.3. The molecule has 0 fully saturated rings. The van der Waals surface area contributed by atoms with E-state index in [0.29, 0.717) is 6.04 Å². The van der Waals surface area contributed by atoms with Gasteiger partial charge in [0.1, 0.15) is 5.82 Å². The van der Waals surface area contributed by atoms with Gasteiger partial charge in [0.2, 0.25) is 0 Å². The van der Waals surface area contributed by atoms with E-state index in [0.717, 1.165) is 23.8 Å². The van der Waals surface area contributed by atoms with Crippen molar-refractivity contribution in [1.29, 1.82) is 0 Å². The van der Waals surface area contributed by atoms with Crippen molar-refractivity contribution in [3.63, 3.8) is 0 Å². The van der Waals surface area contributed by atoms with Crippen molar-refractivity contribution in [2.45, 2.75) is 51.6 Å². The second-order valence-corrected chi connectivity index (χ2v) is 6.46. The molecular weight excluding hydrogens is 245 g/mol. The highest BCUT2D eigenvalue weighted by Gasteiger charge is 2.06. The van der Waals surface area contributed by atoms with Crippen LogP contribution in [-0.2, 0) is 6.54 Å². The Balaban J connectivity index is 2.64. The molecule has 0 radical (unpaired) electrons. The van der Waals surface area contributed by atoms with Crippen LogP contribution in [0.4, 0.5) is 4.39 Å². The van der Waals surface area contributed by atoms with E-state index in [2.05, 4.69) is 33.0 Å². The maximum Gasteiger partial charge on any atom is 0.123 e. The number of thioether (sulfide) groups is 1. The van der Waals surface area contributed by atoms with E-state index in [1.165, 1.54) is 11.3 Å². The lowest BCUT2D eigenvalue weighted by molar-refractivity contribution is 0.576. The second kappa shape index (κ2) is 7.80. The summed E-state index contributed by atoms with van der Waals surface area (Å²) in [6.07, 6.45) is 1.19. The average molecular weight is 269 g/mol. The Hall–Kier alpha value is -0.540. The second-order valence-electron chi connectivity index (χ2n) is 5.32. The van der Waals surface area contributed by atoms with Crippen molar-refractivity contribution in [1.82, 2.24) is 5.32 Å². The van der Waals surface area contributed by atoms with E-state index in [-0.39, 0.29) is 5.82 Å². The molecule has 0 saturated heterocycles. The molecule has 1 N–H and O–H groups in total. The lowest BCUT2D eigenvalue weighted by Crippen LogP contribution is -2.22. The molecule has 0 aliphatic heterocycles. The normalized spacial score (nSPS) is 11.5. The maximum absolute atomic E-state index is 13.3. The molecule has 0 unspecified atom stereocenters. The lowest BCUT2D eigenvalue weighted by Gasteiger charge is -2.13. The lowest BCUT2D eigenvalue weighted by atomic mass is 10.2. The molecule has 102 valence electrons. The van der Waals surface area contributed by atoms with E-state index in [1.54, 1.807) is 12.1 Å². The van der Waals surface area contributed by atoms with Gasteiger partial charge in [-0.05, 0) is 41.9 Å². The summed E-state index contributed by atoms with van der Waals surface area (Å²) in [4.78, 5) is 1.20. The molecule has 18 heavy (non-hydrogen) atoms. The van der Waals surface area contributed by atoms with Gasteiger partial charge in [0.05, 0.1) is 0 Å². The third-order valence-corrected chi connectivity index (χ3v) is 3.83. The Labute approximate surface area is 115 Å². The van der Waals surface area contributed by atoms with Crippen LogP contribution in [-0.4, -0.2) is 11.8 Å². The molecule has 0 aromatic heterocycles. The van der Waals surface area contributed by atoms with Crippen LogP contribution in [0.25, 0.3) is 0 Å². The van der Waals surface area contributed by atoms with Gasteiger partial charge < -0.3 is 5.32 Å². The van der Waals surface area contributed by atoms with E-state index >= 15 is 0 Å². The molecule has 0 aliphatic rings. The van der Waals surface area contributed by atoms with Gasteiger partial charge in [0.25, 0.3) is 0 Å². The highest BCUT2D eigenvalue weighted by atomic mass is 32.2. The fourth-order valence-corrected chi connectivity index (χ4v) is 2.84. The zero-order valence-corrected chi connectivity index (χ0v) is 12.6. The minimum absolute atomic E-state index is 0.149. The Bertz CT molecular complexity index is 364. The van der Waals surface area contributed by atoms with Crippen molar-refractivity contribution in [3.8, 4) is 0 Å². The zero-order chi connectivity index (χ0) is 13.5. The summed E-state index contributed by atoms with van der Waals surface area (Å²) >= 11 is 1.83. The predicted octanol–water partition coefficient (Wildman–Crippen LogP) is 4.46. The highest BCUT2D eigenvalue weighted by molar-refractivity contribution is 7.99. The Morgan fingerprint density at radius 1 is 1.22 bits per heavy atom. The number of hydrogen-bond donors (Lipinski definition) is 1. The minimum Gasteiger partial charge on any atom is -0.310 e. The standard InChI is InChI=1S/C15H24FNS/c1-11(2)7-8-18-15-6-5-14(16)9-13(15)10-17-12(3)4/h5-6,9,11-12,17H,7-8,10H2,1-4H3. The SMILES string of the molecule is CC(C)CCSc1ccc(F)cc1CNC(C)C. The summed E-state index contributed by atoms with van der Waals surface area (Å²) in [6.45, 7) is 9.40. The Morgan fingerprint density at radius 3 is 2.56 bits per heavy atom. The van der Waals surface area contributed by atoms with Gasteiger partial charge >= 0.3 is 0 Å². The fraction of sp³-hybridized carbons (Fsp3) is 0.600. The van der Waals surface area contributed by atoms with E-state index in [1.807, 2.05) is 17.8 Å². The third kappa shape index (κ3) is 5.87. The van der Waals surface area contributed by atoms with Gasteiger partial charge in [-0.3, -0.25) is 0 Å². The average Bonchev–Trinajstić information content (AvgIpc) is 2.28. The highest BCUT2D eigenvalue weighted by Crippen LogP contribution is 2.25. The first-order valence-electron chi connectivity index (χ1n) is 6.63. The van der Waals surface area contributed by atoms with Crippen molar-refractivity contribution >= 4 is 11.8 Å².